The molecule has 0 saturated carbocycles. The fourth-order valence-corrected chi connectivity index (χ4v) is 3.43. The third-order valence-corrected chi connectivity index (χ3v) is 5.29. The van der Waals surface area contributed by atoms with E-state index in [-0.39, 0.29) is 11.7 Å². The van der Waals surface area contributed by atoms with Gasteiger partial charge >= 0.3 is 0 Å². The summed E-state index contributed by atoms with van der Waals surface area (Å²) in [4.78, 5) is 12.1. The number of thioether (sulfide) groups is 1. The molecule has 1 heterocycles. The minimum atomic E-state index is -0.102. The van der Waals surface area contributed by atoms with E-state index in [0.29, 0.717) is 34.8 Å². The molecule has 0 unspecified atom stereocenters. The number of ether oxygens (including phenoxy) is 2. The molecule has 0 aliphatic rings. The van der Waals surface area contributed by atoms with E-state index in [1.807, 2.05) is 48.0 Å². The molecule has 0 spiro atoms. The first kappa shape index (κ1) is 21.0. The molecule has 0 aliphatic carbocycles. The van der Waals surface area contributed by atoms with Crippen LogP contribution in [0.5, 0.6) is 11.5 Å². The minimum Gasteiger partial charge on any atom is -0.493 e. The van der Waals surface area contributed by atoms with Gasteiger partial charge in [0.2, 0.25) is 5.91 Å². The Morgan fingerprint density at radius 3 is 2.59 bits per heavy atom. The minimum absolute atomic E-state index is 0.102. The van der Waals surface area contributed by atoms with E-state index >= 15 is 0 Å². The van der Waals surface area contributed by atoms with Gasteiger partial charge in [0.15, 0.2) is 22.5 Å². The van der Waals surface area contributed by atoms with Gasteiger partial charge in [-0.1, -0.05) is 35.5 Å². The average Bonchev–Trinajstić information content (AvgIpc) is 3.11. The van der Waals surface area contributed by atoms with Crippen molar-refractivity contribution in [1.82, 2.24) is 20.1 Å². The van der Waals surface area contributed by atoms with Gasteiger partial charge in [-0.25, -0.2) is 0 Å². The molecule has 152 valence electrons. The van der Waals surface area contributed by atoms with Crippen molar-refractivity contribution in [3.05, 3.63) is 53.6 Å². The van der Waals surface area contributed by atoms with Crippen LogP contribution in [0.15, 0.2) is 53.7 Å². The molecule has 29 heavy (non-hydrogen) atoms. The fraction of sp³-hybridized carbons (Fsp3) is 0.250. The lowest BCUT2D eigenvalue weighted by Crippen LogP contribution is -2.29. The van der Waals surface area contributed by atoms with E-state index < -0.39 is 0 Å². The van der Waals surface area contributed by atoms with Gasteiger partial charge in [-0.3, -0.25) is 4.79 Å². The van der Waals surface area contributed by atoms with Crippen molar-refractivity contribution in [2.75, 3.05) is 26.0 Å². The van der Waals surface area contributed by atoms with Crippen molar-refractivity contribution in [2.24, 2.45) is 7.05 Å². The maximum absolute atomic E-state index is 12.1. The Bertz CT molecular complexity index is 963. The van der Waals surface area contributed by atoms with Gasteiger partial charge in [0.25, 0.3) is 0 Å². The molecule has 1 N–H and O–H groups in total. The van der Waals surface area contributed by atoms with Crippen molar-refractivity contribution in [2.45, 2.75) is 5.16 Å². The molecule has 0 atom stereocenters. The van der Waals surface area contributed by atoms with Crippen LogP contribution in [0, 0.1) is 0 Å². The molecule has 1 aromatic heterocycles. The van der Waals surface area contributed by atoms with Crippen LogP contribution < -0.4 is 14.8 Å². The first-order valence-corrected chi connectivity index (χ1v) is 10.3. The molecule has 9 heteroatoms. The van der Waals surface area contributed by atoms with E-state index in [1.165, 1.54) is 11.8 Å². The highest BCUT2D eigenvalue weighted by Crippen LogP contribution is 2.25. The zero-order chi connectivity index (χ0) is 20.6. The van der Waals surface area contributed by atoms with E-state index in [9.17, 15) is 4.79 Å². The molecular formula is C20H21ClN4O3S. The number of nitrogens with zero attached hydrogens (tertiary/aromatic N) is 3. The second kappa shape index (κ2) is 10.2. The summed E-state index contributed by atoms with van der Waals surface area (Å²) in [5.74, 6) is 2.16. The summed E-state index contributed by atoms with van der Waals surface area (Å²) >= 11 is 7.25. The molecule has 0 saturated heterocycles. The zero-order valence-electron chi connectivity index (χ0n) is 16.1. The predicted molar refractivity (Wildman–Crippen MR) is 114 cm³/mol. The van der Waals surface area contributed by atoms with Crippen molar-refractivity contribution in [3.63, 3.8) is 0 Å². The molecule has 0 aliphatic heterocycles. The summed E-state index contributed by atoms with van der Waals surface area (Å²) in [6, 6.07) is 14.8. The number of amides is 1. The molecule has 0 fully saturated rings. The van der Waals surface area contributed by atoms with Gasteiger partial charge in [0.05, 0.1) is 19.4 Å². The zero-order valence-corrected chi connectivity index (χ0v) is 17.7. The summed E-state index contributed by atoms with van der Waals surface area (Å²) in [5, 5.41) is 12.5. The number of para-hydroxylation sites is 2. The molecule has 1 amide bonds. The van der Waals surface area contributed by atoms with Crippen LogP contribution in [-0.4, -0.2) is 46.7 Å². The molecule has 2 aromatic carbocycles. The van der Waals surface area contributed by atoms with Crippen LogP contribution in [0.1, 0.15) is 0 Å². The Morgan fingerprint density at radius 2 is 1.86 bits per heavy atom. The van der Waals surface area contributed by atoms with Crippen molar-refractivity contribution in [3.8, 4) is 22.9 Å². The third kappa shape index (κ3) is 5.65. The molecule has 0 radical (unpaired) electrons. The Morgan fingerprint density at radius 1 is 1.14 bits per heavy atom. The number of rotatable bonds is 9. The van der Waals surface area contributed by atoms with Crippen LogP contribution in [0.25, 0.3) is 11.4 Å². The summed E-state index contributed by atoms with van der Waals surface area (Å²) in [6.45, 7) is 0.744. The highest BCUT2D eigenvalue weighted by molar-refractivity contribution is 7.99. The van der Waals surface area contributed by atoms with E-state index in [2.05, 4.69) is 15.5 Å². The SMILES string of the molecule is COc1ccccc1OCCNC(=O)CSc1nnc(-c2ccc(Cl)cc2)n1C. The summed E-state index contributed by atoms with van der Waals surface area (Å²) in [6.07, 6.45) is 0. The van der Waals surface area contributed by atoms with E-state index in [4.69, 9.17) is 21.1 Å². The van der Waals surface area contributed by atoms with Crippen LogP contribution in [0.4, 0.5) is 0 Å². The number of hydrogen-bond acceptors (Lipinski definition) is 6. The van der Waals surface area contributed by atoms with Crippen LogP contribution >= 0.6 is 23.4 Å². The number of hydrogen-bond donors (Lipinski definition) is 1. The maximum Gasteiger partial charge on any atom is 0.230 e. The molecule has 3 rings (SSSR count). The van der Waals surface area contributed by atoms with Gasteiger partial charge in [-0.05, 0) is 36.4 Å². The highest BCUT2D eigenvalue weighted by atomic mass is 35.5. The van der Waals surface area contributed by atoms with Crippen LogP contribution in [0.3, 0.4) is 0 Å². The van der Waals surface area contributed by atoms with E-state index in [1.54, 1.807) is 19.2 Å². The van der Waals surface area contributed by atoms with Crippen LogP contribution in [0.2, 0.25) is 5.02 Å². The number of carbonyl (C=O) groups excluding carboxylic acids is 1. The first-order chi connectivity index (χ1) is 14.1. The number of benzene rings is 2. The second-order valence-corrected chi connectivity index (χ2v) is 7.39. The van der Waals surface area contributed by atoms with Gasteiger partial charge in [-0.15, -0.1) is 10.2 Å². The summed E-state index contributed by atoms with van der Waals surface area (Å²) in [5.41, 5.74) is 0.911. The topological polar surface area (TPSA) is 78.3 Å². The Hall–Kier alpha value is -2.71. The predicted octanol–water partition coefficient (Wildman–Crippen LogP) is 3.43. The number of aromatic nitrogens is 3. The molecule has 3 aromatic rings. The molecule has 0 bridgehead atoms. The number of halogens is 1. The lowest BCUT2D eigenvalue weighted by atomic mass is 10.2. The lowest BCUT2D eigenvalue weighted by molar-refractivity contribution is -0.118. The summed E-state index contributed by atoms with van der Waals surface area (Å²) in [7, 11) is 3.46. The lowest BCUT2D eigenvalue weighted by Gasteiger charge is -2.10. The van der Waals surface area contributed by atoms with Crippen molar-refractivity contribution >= 4 is 29.3 Å². The Kier molecular flexibility index (Phi) is 7.37. The van der Waals surface area contributed by atoms with Gasteiger partial charge < -0.3 is 19.4 Å². The van der Waals surface area contributed by atoms with Gasteiger partial charge in [0, 0.05) is 17.6 Å². The smallest absolute Gasteiger partial charge is 0.230 e. The van der Waals surface area contributed by atoms with Gasteiger partial charge in [0.1, 0.15) is 6.61 Å². The first-order valence-electron chi connectivity index (χ1n) is 8.89. The second-order valence-electron chi connectivity index (χ2n) is 6.01. The molecular weight excluding hydrogens is 412 g/mol. The number of methoxy groups -OCH3 is 1. The number of carbonyl (C=O) groups is 1. The highest BCUT2D eigenvalue weighted by Gasteiger charge is 2.13. The third-order valence-electron chi connectivity index (χ3n) is 4.02. The quantitative estimate of drug-likeness (QED) is 0.412. The number of nitrogens with one attached hydrogen (secondary N) is 1. The maximum atomic E-state index is 12.1. The Balaban J connectivity index is 1.44. The van der Waals surface area contributed by atoms with Crippen molar-refractivity contribution < 1.29 is 14.3 Å². The fourth-order valence-electron chi connectivity index (χ4n) is 2.56. The molecule has 7 nitrogen and oxygen atoms in total. The monoisotopic (exact) mass is 432 g/mol. The Labute approximate surface area is 178 Å². The average molecular weight is 433 g/mol. The van der Waals surface area contributed by atoms with Gasteiger partial charge in [-0.2, -0.15) is 0 Å². The largest absolute Gasteiger partial charge is 0.493 e. The van der Waals surface area contributed by atoms with Crippen LogP contribution in [-0.2, 0) is 11.8 Å². The normalized spacial score (nSPS) is 10.6. The van der Waals surface area contributed by atoms with Crippen molar-refractivity contribution in [1.29, 1.82) is 0 Å². The summed E-state index contributed by atoms with van der Waals surface area (Å²) < 4.78 is 12.7. The van der Waals surface area contributed by atoms with E-state index in [0.717, 1.165) is 11.4 Å². The standard InChI is InChI=1S/C20H21ClN4O3S/c1-25-19(14-7-9-15(21)10-8-14)23-24-20(25)29-13-18(26)22-11-12-28-17-6-4-3-5-16(17)27-2/h3-10H,11-13H2,1-2H3,(H,22,26).